The number of carboxylic acid groups (broad SMARTS) is 2. The van der Waals surface area contributed by atoms with Gasteiger partial charge >= 0.3 is 37.7 Å². The first-order valence-corrected chi connectivity index (χ1v) is 20.5. The Labute approximate surface area is 389 Å². The summed E-state index contributed by atoms with van der Waals surface area (Å²) < 4.78 is 33.2. The van der Waals surface area contributed by atoms with Crippen molar-refractivity contribution >= 4 is 72.4 Å². The molecule has 0 saturated carbocycles. The summed E-state index contributed by atoms with van der Waals surface area (Å²) in [4.78, 5) is 30.2. The number of hydrogen-bond acceptors (Lipinski definition) is 16. The second kappa shape index (κ2) is 21.7. The van der Waals surface area contributed by atoms with Crippen LogP contribution >= 0.6 is 22.7 Å². The van der Waals surface area contributed by atoms with E-state index in [1.54, 1.807) is 0 Å². The summed E-state index contributed by atoms with van der Waals surface area (Å²) in [6.07, 6.45) is 0. The van der Waals surface area contributed by atoms with Gasteiger partial charge < -0.3 is 58.4 Å². The van der Waals surface area contributed by atoms with E-state index in [2.05, 4.69) is 9.97 Å². The number of nitrogens with zero attached hydrogens (tertiary/aromatic N) is 2. The number of aliphatic hydroxyl groups excluding tert-OH is 2. The van der Waals surface area contributed by atoms with Crippen molar-refractivity contribution in [2.24, 2.45) is 0 Å². The van der Waals surface area contributed by atoms with E-state index in [4.69, 9.17) is 28.4 Å². The largest absolute Gasteiger partial charge is 2.00 e. The van der Waals surface area contributed by atoms with Crippen molar-refractivity contribution in [1.29, 1.82) is 0 Å². The Balaban J connectivity index is 0.000000201. The molecule has 61 heavy (non-hydrogen) atoms. The Kier molecular flexibility index (Phi) is 16.4. The Bertz CT molecular complexity index is 2200. The zero-order chi connectivity index (χ0) is 42.0. The molecule has 2 aromatic heterocycles. The number of hydrogen-bond donors (Lipinski definition) is 2. The van der Waals surface area contributed by atoms with Crippen LogP contribution in [-0.2, 0) is 66.2 Å². The van der Waals surface area contributed by atoms with Crippen LogP contribution in [0.25, 0.3) is 21.1 Å². The molecule has 0 unspecified atom stereocenters. The fraction of sp³-hybridized carbons (Fsp3) is 0.273. The van der Waals surface area contributed by atoms with Crippen LogP contribution < -0.4 is 19.7 Å². The predicted molar refractivity (Wildman–Crippen MR) is 221 cm³/mol. The van der Waals surface area contributed by atoms with Crippen LogP contribution in [0.2, 0.25) is 0 Å². The maximum absolute atomic E-state index is 10.7. The van der Waals surface area contributed by atoms with Crippen LogP contribution in [0.1, 0.15) is 33.6 Å². The van der Waals surface area contributed by atoms with E-state index in [-0.39, 0.29) is 51.0 Å². The number of rotatable bonds is 18. The first-order valence-electron chi connectivity index (χ1n) is 18.7. The molecule has 2 fully saturated rings. The van der Waals surface area contributed by atoms with Gasteiger partial charge in [-0.3, -0.25) is 0 Å². The minimum absolute atomic E-state index is 0. The van der Waals surface area contributed by atoms with Crippen LogP contribution in [0.3, 0.4) is 0 Å². The van der Waals surface area contributed by atoms with Gasteiger partial charge in [0, 0.05) is 21.9 Å². The van der Waals surface area contributed by atoms with Gasteiger partial charge in [0.2, 0.25) is 0 Å². The third kappa shape index (κ3) is 12.0. The van der Waals surface area contributed by atoms with Crippen molar-refractivity contribution in [3.8, 4) is 32.6 Å². The van der Waals surface area contributed by atoms with Gasteiger partial charge in [-0.2, -0.15) is 0 Å². The zero-order valence-electron chi connectivity index (χ0n) is 32.9. The Morgan fingerprint density at radius 2 is 1.02 bits per heavy atom. The molecule has 17 heteroatoms. The Morgan fingerprint density at radius 1 is 0.623 bits per heavy atom. The molecule has 4 heterocycles. The number of aliphatic carboxylic acids is 2. The molecule has 0 aliphatic carbocycles. The van der Waals surface area contributed by atoms with Crippen LogP contribution in [-0.4, -0.2) is 109 Å². The maximum atomic E-state index is 10.7. The number of aromatic nitrogens is 2. The van der Waals surface area contributed by atoms with Crippen molar-refractivity contribution in [3.63, 3.8) is 0 Å². The minimum Gasteiger partial charge on any atom is -0.548 e. The molecule has 8 rings (SSSR count). The molecule has 2 aliphatic heterocycles. The summed E-state index contributed by atoms with van der Waals surface area (Å²) in [5, 5.41) is 45.2. The fourth-order valence-corrected chi connectivity index (χ4v) is 7.91. The first kappa shape index (κ1) is 46.2. The predicted octanol–water partition coefficient (Wildman–Crippen LogP) is 3.37. The molecular formula is C44H40CaN2O12S2. The van der Waals surface area contributed by atoms with E-state index in [1.165, 1.54) is 22.7 Å². The number of carbonyl (C=O) groups excluding carboxylic acids is 2. The van der Waals surface area contributed by atoms with Gasteiger partial charge in [-0.05, 0) is 58.7 Å². The molecule has 4 aromatic carbocycles. The van der Waals surface area contributed by atoms with Gasteiger partial charge in [-0.1, -0.05) is 60.7 Å². The van der Waals surface area contributed by atoms with E-state index in [0.717, 1.165) is 43.4 Å². The monoisotopic (exact) mass is 892 g/mol. The molecule has 0 bridgehead atoms. The van der Waals surface area contributed by atoms with E-state index >= 15 is 0 Å². The fourth-order valence-electron chi connectivity index (χ4n) is 6.29. The summed E-state index contributed by atoms with van der Waals surface area (Å²) in [5.41, 5.74) is 5.48. The van der Waals surface area contributed by atoms with Gasteiger partial charge in [0.25, 0.3) is 0 Å². The second-order valence-corrected chi connectivity index (χ2v) is 15.6. The van der Waals surface area contributed by atoms with Crippen molar-refractivity contribution in [3.05, 3.63) is 141 Å². The van der Waals surface area contributed by atoms with E-state index in [0.29, 0.717) is 62.5 Å². The van der Waals surface area contributed by atoms with E-state index in [1.807, 2.05) is 108 Å². The number of carboxylic acids is 2. The third-order valence-corrected chi connectivity index (χ3v) is 11.5. The van der Waals surface area contributed by atoms with Crippen LogP contribution in [0.15, 0.2) is 108 Å². The van der Waals surface area contributed by atoms with E-state index in [9.17, 15) is 30.0 Å². The average Bonchev–Trinajstić information content (AvgIpc) is 3.94. The topological polar surface area (TPSA) is 202 Å². The number of aliphatic hydroxyl groups is 2. The van der Waals surface area contributed by atoms with Crippen molar-refractivity contribution in [2.75, 3.05) is 39.6 Å². The molecule has 2 saturated heterocycles. The van der Waals surface area contributed by atoms with Gasteiger partial charge in [-0.15, -0.1) is 22.7 Å². The van der Waals surface area contributed by atoms with Gasteiger partial charge in [0.05, 0.1) is 76.2 Å². The Hall–Kier alpha value is -4.30. The summed E-state index contributed by atoms with van der Waals surface area (Å²) >= 11 is 2.99. The van der Waals surface area contributed by atoms with Crippen molar-refractivity contribution in [1.82, 2.24) is 9.97 Å². The quantitative estimate of drug-likeness (QED) is 0.119. The summed E-state index contributed by atoms with van der Waals surface area (Å²) in [6.45, 7) is 0.922. The number of thiazole rings is 2. The third-order valence-electron chi connectivity index (χ3n) is 9.62. The molecule has 2 aliphatic rings. The van der Waals surface area contributed by atoms with Gasteiger partial charge in [-0.25, -0.2) is 9.97 Å². The first-order chi connectivity index (χ1) is 29.2. The number of ether oxygens (including phenoxy) is 6. The van der Waals surface area contributed by atoms with E-state index < -0.39 is 36.4 Å². The molecule has 0 atom stereocenters. The van der Waals surface area contributed by atoms with Crippen molar-refractivity contribution < 1.29 is 58.4 Å². The van der Waals surface area contributed by atoms with Crippen LogP contribution in [0.4, 0.5) is 0 Å². The molecule has 14 nitrogen and oxygen atoms in total. The van der Waals surface area contributed by atoms with Gasteiger partial charge in [0.1, 0.15) is 45.9 Å². The molecule has 0 spiro atoms. The summed E-state index contributed by atoms with van der Waals surface area (Å²) in [6, 6.07) is 30.6. The van der Waals surface area contributed by atoms with Crippen molar-refractivity contribution in [2.45, 2.75) is 37.6 Å². The van der Waals surface area contributed by atoms with Crippen LogP contribution in [0.5, 0.6) is 11.5 Å². The molecule has 6 aromatic rings. The summed E-state index contributed by atoms with van der Waals surface area (Å²) in [5.74, 6) is -1.13. The Morgan fingerprint density at radius 3 is 1.33 bits per heavy atom. The minimum atomic E-state index is -1.26. The number of carbonyl (C=O) groups is 2. The van der Waals surface area contributed by atoms with Crippen LogP contribution in [0, 0.1) is 0 Å². The molecule has 312 valence electrons. The molecular weight excluding hydrogens is 853 g/mol. The zero-order valence-corrected chi connectivity index (χ0v) is 36.7. The SMILES string of the molecule is O=C([O-])COC1(c2ccc(OCc3cccc(-c4nc(CO)cs4)c3)cc2)COC1.O=C([O-])COC1(c2ccc(OCc3cccc(-c4nc(CO)cs4)c3)cc2)COC1.[Ca+2]. The molecule has 2 N–H and O–H groups in total. The summed E-state index contributed by atoms with van der Waals surface area (Å²) in [7, 11) is 0. The standard InChI is InChI=1S/2C22H21NO6S.Ca/c2*24-9-18-12-30-21(23-18)16-3-1-2-15(8-16)10-28-19-6-4-17(5-7-19)22(13-27-14-22)29-11-20(25)26;/h2*1-8,12,24H,9-11,13-14H2,(H,25,26);/q;;+2/p-2. The maximum Gasteiger partial charge on any atom is 2.00 e. The molecule has 0 amide bonds. The second-order valence-electron chi connectivity index (χ2n) is 13.9. The molecule has 0 radical (unpaired) electrons. The average molecular weight is 893 g/mol. The number of benzene rings is 4. The smallest absolute Gasteiger partial charge is 0.548 e. The normalized spacial score (nSPS) is 14.6. The van der Waals surface area contributed by atoms with Gasteiger partial charge in [0.15, 0.2) is 0 Å².